The Morgan fingerprint density at radius 2 is 1.68 bits per heavy atom. The van der Waals surface area contributed by atoms with E-state index in [9.17, 15) is 35.1 Å². The van der Waals surface area contributed by atoms with Crippen molar-refractivity contribution in [2.75, 3.05) is 13.2 Å². The SMILES string of the molecule is O=C(OCCCC(CO[N+](=O)[O-])O[N+](=O)[O-])c1ccc([N+](=O)[O-])cc1. The van der Waals surface area contributed by atoms with Gasteiger partial charge >= 0.3 is 5.97 Å². The summed E-state index contributed by atoms with van der Waals surface area (Å²) in [6.45, 7) is -0.768. The fraction of sp³-hybridized carbons (Fsp3) is 0.417. The summed E-state index contributed by atoms with van der Waals surface area (Å²) in [4.78, 5) is 50.2. The number of rotatable bonds is 11. The lowest BCUT2D eigenvalue weighted by Crippen LogP contribution is -2.25. The van der Waals surface area contributed by atoms with Crippen LogP contribution in [0.2, 0.25) is 0 Å². The second-order valence-corrected chi connectivity index (χ2v) is 4.55. The summed E-state index contributed by atoms with van der Waals surface area (Å²) in [6.07, 6.45) is -1.08. The number of ether oxygens (including phenoxy) is 1. The zero-order chi connectivity index (χ0) is 18.8. The fourth-order valence-electron chi connectivity index (χ4n) is 1.71. The van der Waals surface area contributed by atoms with Crippen LogP contribution in [-0.4, -0.2) is 40.4 Å². The summed E-state index contributed by atoms with van der Waals surface area (Å²) >= 11 is 0. The number of nitro benzene ring substituents is 1. The third-order valence-corrected chi connectivity index (χ3v) is 2.82. The third kappa shape index (κ3) is 7.54. The molecule has 1 aromatic rings. The van der Waals surface area contributed by atoms with E-state index in [0.29, 0.717) is 0 Å². The Morgan fingerprint density at radius 1 is 1.04 bits per heavy atom. The highest BCUT2D eigenvalue weighted by Gasteiger charge is 2.16. The Hall–Kier alpha value is -3.51. The van der Waals surface area contributed by atoms with Crippen LogP contribution in [0.15, 0.2) is 24.3 Å². The molecule has 136 valence electrons. The van der Waals surface area contributed by atoms with Crippen LogP contribution in [0.25, 0.3) is 0 Å². The first-order chi connectivity index (χ1) is 11.8. The summed E-state index contributed by atoms with van der Waals surface area (Å²) < 4.78 is 4.90. The van der Waals surface area contributed by atoms with Gasteiger partial charge in [0.15, 0.2) is 0 Å². The zero-order valence-corrected chi connectivity index (χ0v) is 12.6. The van der Waals surface area contributed by atoms with E-state index in [0.717, 1.165) is 12.1 Å². The lowest BCUT2D eigenvalue weighted by atomic mass is 10.2. The molecule has 0 aliphatic carbocycles. The quantitative estimate of drug-likeness (QED) is 0.242. The van der Waals surface area contributed by atoms with Crippen LogP contribution in [0.3, 0.4) is 0 Å². The molecule has 0 radical (unpaired) electrons. The third-order valence-electron chi connectivity index (χ3n) is 2.82. The van der Waals surface area contributed by atoms with Gasteiger partial charge in [-0.2, -0.15) is 0 Å². The second kappa shape index (κ2) is 9.59. The minimum atomic E-state index is -1.18. The smallest absolute Gasteiger partial charge is 0.338 e. The van der Waals surface area contributed by atoms with Crippen LogP contribution in [0.5, 0.6) is 0 Å². The Balaban J connectivity index is 2.40. The molecule has 13 heteroatoms. The van der Waals surface area contributed by atoms with Gasteiger partial charge in [-0.05, 0) is 25.0 Å². The number of hydrogen-bond donors (Lipinski definition) is 0. The molecular weight excluding hydrogens is 346 g/mol. The number of benzene rings is 1. The van der Waals surface area contributed by atoms with Gasteiger partial charge in [0.1, 0.15) is 12.7 Å². The molecule has 0 saturated carbocycles. The minimum Gasteiger partial charge on any atom is -0.462 e. The van der Waals surface area contributed by atoms with Crippen molar-refractivity contribution in [1.29, 1.82) is 0 Å². The van der Waals surface area contributed by atoms with Gasteiger partial charge in [0.2, 0.25) is 0 Å². The molecule has 0 bridgehead atoms. The topological polar surface area (TPSA) is 174 Å². The monoisotopic (exact) mass is 359 g/mol. The van der Waals surface area contributed by atoms with Crippen molar-refractivity contribution in [3.05, 3.63) is 60.2 Å². The summed E-state index contributed by atoms with van der Waals surface area (Å²) in [5.74, 6) is -0.733. The minimum absolute atomic E-state index is 0.0254. The van der Waals surface area contributed by atoms with Crippen molar-refractivity contribution in [3.63, 3.8) is 0 Å². The maximum Gasteiger partial charge on any atom is 0.338 e. The number of esters is 1. The van der Waals surface area contributed by atoms with E-state index in [4.69, 9.17) is 4.74 Å². The van der Waals surface area contributed by atoms with E-state index in [1.165, 1.54) is 12.1 Å². The largest absolute Gasteiger partial charge is 0.462 e. The molecule has 1 atom stereocenters. The van der Waals surface area contributed by atoms with Gasteiger partial charge in [-0.15, -0.1) is 20.2 Å². The molecule has 0 aliphatic heterocycles. The van der Waals surface area contributed by atoms with E-state index in [1.807, 2.05) is 0 Å². The average Bonchev–Trinajstić information content (AvgIpc) is 2.55. The van der Waals surface area contributed by atoms with Gasteiger partial charge in [0.05, 0.1) is 17.1 Å². The number of nitro groups is 1. The molecule has 0 amide bonds. The Morgan fingerprint density at radius 3 is 2.20 bits per heavy atom. The average molecular weight is 359 g/mol. The van der Waals surface area contributed by atoms with Crippen LogP contribution < -0.4 is 0 Å². The number of non-ortho nitro benzene ring substituents is 1. The molecule has 0 aromatic heterocycles. The molecule has 0 heterocycles. The molecule has 1 unspecified atom stereocenters. The van der Waals surface area contributed by atoms with Crippen molar-refractivity contribution in [1.82, 2.24) is 0 Å². The van der Waals surface area contributed by atoms with Crippen LogP contribution in [0.4, 0.5) is 5.69 Å². The van der Waals surface area contributed by atoms with Crippen molar-refractivity contribution >= 4 is 11.7 Å². The van der Waals surface area contributed by atoms with Crippen molar-refractivity contribution in [3.8, 4) is 0 Å². The van der Waals surface area contributed by atoms with Gasteiger partial charge < -0.3 is 14.4 Å². The molecule has 13 nitrogen and oxygen atoms in total. The van der Waals surface area contributed by atoms with Gasteiger partial charge in [0, 0.05) is 12.1 Å². The highest BCUT2D eigenvalue weighted by atomic mass is 17.0. The first kappa shape index (κ1) is 19.5. The second-order valence-electron chi connectivity index (χ2n) is 4.55. The van der Waals surface area contributed by atoms with Crippen molar-refractivity contribution in [2.24, 2.45) is 0 Å². The molecule has 1 aromatic carbocycles. The van der Waals surface area contributed by atoms with E-state index in [1.54, 1.807) is 0 Å². The molecule has 0 N–H and O–H groups in total. The predicted octanol–water partition coefficient (Wildman–Crippen LogP) is 1.32. The van der Waals surface area contributed by atoms with Gasteiger partial charge in [-0.3, -0.25) is 10.1 Å². The van der Waals surface area contributed by atoms with Gasteiger partial charge in [-0.1, -0.05) is 0 Å². The number of nitrogens with zero attached hydrogens (tertiary/aromatic N) is 3. The fourth-order valence-corrected chi connectivity index (χ4v) is 1.71. The maximum atomic E-state index is 11.7. The number of carbonyl (C=O) groups is 1. The lowest BCUT2D eigenvalue weighted by Gasteiger charge is -2.13. The highest BCUT2D eigenvalue weighted by molar-refractivity contribution is 5.89. The molecule has 25 heavy (non-hydrogen) atoms. The van der Waals surface area contributed by atoms with Crippen LogP contribution >= 0.6 is 0 Å². The summed E-state index contributed by atoms with van der Waals surface area (Å²) in [7, 11) is 0. The van der Waals surface area contributed by atoms with Crippen LogP contribution in [0.1, 0.15) is 23.2 Å². The van der Waals surface area contributed by atoms with E-state index < -0.39 is 33.8 Å². The maximum absolute atomic E-state index is 11.7. The summed E-state index contributed by atoms with van der Waals surface area (Å²) in [6, 6.07) is 4.74. The van der Waals surface area contributed by atoms with E-state index >= 15 is 0 Å². The lowest BCUT2D eigenvalue weighted by molar-refractivity contribution is -0.790. The molecule has 0 saturated heterocycles. The standard InChI is InChI=1S/C12H13N3O10/c16-12(9-3-5-10(6-4-9)13(17)18)23-7-1-2-11(25-15(21)22)8-24-14(19)20/h3-6,11H,1-2,7-8H2. The van der Waals surface area contributed by atoms with Crippen molar-refractivity contribution < 1.29 is 34.3 Å². The summed E-state index contributed by atoms with van der Waals surface area (Å²) in [5.41, 5.74) is -0.0810. The summed E-state index contributed by atoms with van der Waals surface area (Å²) in [5, 5.41) is 28.7. The zero-order valence-electron chi connectivity index (χ0n) is 12.6. The molecule has 0 aliphatic rings. The molecule has 0 fully saturated rings. The Labute approximate surface area is 139 Å². The molecular formula is C12H13N3O10. The number of hydrogen-bond acceptors (Lipinski definition) is 10. The molecule has 0 spiro atoms. The Kier molecular flexibility index (Phi) is 7.49. The van der Waals surface area contributed by atoms with Crippen LogP contribution in [-0.2, 0) is 14.4 Å². The first-order valence-electron chi connectivity index (χ1n) is 6.79. The van der Waals surface area contributed by atoms with E-state index in [2.05, 4.69) is 9.68 Å². The number of carbonyl (C=O) groups excluding carboxylic acids is 1. The Bertz CT molecular complexity index is 633. The van der Waals surface area contributed by atoms with E-state index in [-0.39, 0.29) is 30.7 Å². The normalized spacial score (nSPS) is 11.2. The predicted molar refractivity (Wildman–Crippen MR) is 77.4 cm³/mol. The van der Waals surface area contributed by atoms with Crippen LogP contribution in [0, 0.1) is 30.3 Å². The van der Waals surface area contributed by atoms with Gasteiger partial charge in [-0.25, -0.2) is 4.79 Å². The van der Waals surface area contributed by atoms with Gasteiger partial charge in [0.25, 0.3) is 15.9 Å². The first-order valence-corrected chi connectivity index (χ1v) is 6.79. The molecule has 1 rings (SSSR count). The highest BCUT2D eigenvalue weighted by Crippen LogP contribution is 2.13. The van der Waals surface area contributed by atoms with Crippen molar-refractivity contribution in [2.45, 2.75) is 18.9 Å².